The quantitative estimate of drug-likeness (QED) is 0.818. The number of amides is 1. The molecule has 2 heterocycles. The molecule has 6 nitrogen and oxygen atoms in total. The molecule has 0 spiro atoms. The molecular formula is C22H27N3O3S. The third-order valence-corrected chi connectivity index (χ3v) is 7.68. The number of rotatable bonds is 5. The molecule has 1 saturated heterocycles. The largest absolute Gasteiger partial charge is 0.325 e. The van der Waals surface area contributed by atoms with Crippen LogP contribution in [0.3, 0.4) is 0 Å². The first-order chi connectivity index (χ1) is 13.9. The molecule has 7 heteroatoms. The Morgan fingerprint density at radius 3 is 2.38 bits per heavy atom. The van der Waals surface area contributed by atoms with E-state index in [-0.39, 0.29) is 22.6 Å². The van der Waals surface area contributed by atoms with Gasteiger partial charge in [-0.25, -0.2) is 8.42 Å². The van der Waals surface area contributed by atoms with Gasteiger partial charge < -0.3 is 5.32 Å². The van der Waals surface area contributed by atoms with Crippen LogP contribution in [0.15, 0.2) is 53.4 Å². The summed E-state index contributed by atoms with van der Waals surface area (Å²) in [5, 5.41) is 2.86. The fourth-order valence-corrected chi connectivity index (χ4v) is 5.66. The topological polar surface area (TPSA) is 69.7 Å². The molecule has 1 atom stereocenters. The van der Waals surface area contributed by atoms with Gasteiger partial charge in [-0.2, -0.15) is 4.31 Å². The Morgan fingerprint density at radius 2 is 1.72 bits per heavy atom. The second-order valence-corrected chi connectivity index (χ2v) is 10.1. The van der Waals surface area contributed by atoms with Crippen LogP contribution < -0.4 is 5.32 Å². The molecule has 0 aliphatic carbocycles. The Morgan fingerprint density at radius 1 is 1.03 bits per heavy atom. The highest BCUT2D eigenvalue weighted by atomic mass is 32.2. The molecule has 0 aromatic heterocycles. The fraction of sp³-hybridized carbons (Fsp3) is 0.409. The maximum absolute atomic E-state index is 13.2. The molecule has 0 bridgehead atoms. The molecule has 2 aromatic carbocycles. The summed E-state index contributed by atoms with van der Waals surface area (Å²) in [4.78, 5) is 14.8. The molecule has 2 aliphatic heterocycles. The summed E-state index contributed by atoms with van der Waals surface area (Å²) in [5.74, 6) is -0.252. The maximum Gasteiger partial charge on any atom is 0.243 e. The van der Waals surface area contributed by atoms with Gasteiger partial charge in [0, 0.05) is 38.4 Å². The third kappa shape index (κ3) is 3.95. The summed E-state index contributed by atoms with van der Waals surface area (Å²) >= 11 is 0. The van der Waals surface area contributed by atoms with Gasteiger partial charge in [0.25, 0.3) is 0 Å². The third-order valence-electron chi connectivity index (χ3n) is 5.78. The van der Waals surface area contributed by atoms with Crippen LogP contribution in [0.5, 0.6) is 0 Å². The van der Waals surface area contributed by atoms with Gasteiger partial charge in [0.15, 0.2) is 0 Å². The van der Waals surface area contributed by atoms with Crippen LogP contribution >= 0.6 is 0 Å². The highest BCUT2D eigenvalue weighted by Gasteiger charge is 2.35. The van der Waals surface area contributed by atoms with Crippen molar-refractivity contribution in [3.63, 3.8) is 0 Å². The van der Waals surface area contributed by atoms with E-state index in [1.54, 1.807) is 22.5 Å². The van der Waals surface area contributed by atoms with Crippen LogP contribution in [0.2, 0.25) is 0 Å². The highest BCUT2D eigenvalue weighted by Crippen LogP contribution is 2.38. The Hall–Kier alpha value is -2.22. The predicted molar refractivity (Wildman–Crippen MR) is 113 cm³/mol. The second kappa shape index (κ2) is 7.89. The van der Waals surface area contributed by atoms with Gasteiger partial charge in [-0.3, -0.25) is 9.69 Å². The first-order valence-corrected chi connectivity index (χ1v) is 11.5. The molecule has 0 saturated carbocycles. The molecule has 4 rings (SSSR count). The zero-order valence-electron chi connectivity index (χ0n) is 16.8. The van der Waals surface area contributed by atoms with Crippen LogP contribution in [0.1, 0.15) is 30.9 Å². The standard InChI is InChI=1S/C22H27N3O3S/c1-16(2)21-19-14-18(8-9-20(19)23-22(21)26)29(27,28)25-12-10-24(11-13-25)15-17-6-4-3-5-7-17/h3-9,14,16,21H,10-13,15H2,1-2H3,(H,23,26). The molecule has 1 N–H and O–H groups in total. The highest BCUT2D eigenvalue weighted by molar-refractivity contribution is 7.89. The van der Waals surface area contributed by atoms with Gasteiger partial charge in [-0.05, 0) is 35.2 Å². The Bertz CT molecular complexity index is 997. The minimum absolute atomic E-state index is 0.0564. The van der Waals surface area contributed by atoms with Crippen molar-refractivity contribution in [3.8, 4) is 0 Å². The monoisotopic (exact) mass is 413 g/mol. The summed E-state index contributed by atoms with van der Waals surface area (Å²) in [5.41, 5.74) is 2.74. The van der Waals surface area contributed by atoms with E-state index in [2.05, 4.69) is 22.3 Å². The Labute approximate surface area is 172 Å². The normalized spacial score (nSPS) is 20.7. The molecule has 1 fully saturated rings. The lowest BCUT2D eigenvalue weighted by Crippen LogP contribution is -2.48. The van der Waals surface area contributed by atoms with Crippen molar-refractivity contribution in [1.82, 2.24) is 9.21 Å². The van der Waals surface area contributed by atoms with Gasteiger partial charge in [-0.1, -0.05) is 44.2 Å². The van der Waals surface area contributed by atoms with Gasteiger partial charge >= 0.3 is 0 Å². The number of piperazine rings is 1. The van der Waals surface area contributed by atoms with Crippen LogP contribution in [0.4, 0.5) is 5.69 Å². The number of fused-ring (bicyclic) bond motifs is 1. The SMILES string of the molecule is CC(C)C1C(=O)Nc2ccc(S(=O)(=O)N3CCN(Cc4ccccc4)CC3)cc21. The van der Waals surface area contributed by atoms with E-state index in [0.29, 0.717) is 26.2 Å². The molecule has 1 unspecified atom stereocenters. The lowest BCUT2D eigenvalue weighted by molar-refractivity contribution is -0.117. The number of hydrogen-bond acceptors (Lipinski definition) is 4. The zero-order chi connectivity index (χ0) is 20.6. The summed E-state index contributed by atoms with van der Waals surface area (Å²) in [6.07, 6.45) is 0. The number of carbonyl (C=O) groups excluding carboxylic acids is 1. The van der Waals surface area contributed by atoms with Gasteiger partial charge in [0.05, 0.1) is 10.8 Å². The lowest BCUT2D eigenvalue weighted by atomic mass is 9.90. The summed E-state index contributed by atoms with van der Waals surface area (Å²) in [6, 6.07) is 15.2. The lowest BCUT2D eigenvalue weighted by Gasteiger charge is -2.34. The number of hydrogen-bond donors (Lipinski definition) is 1. The van der Waals surface area contributed by atoms with Crippen LogP contribution in [-0.2, 0) is 21.4 Å². The Balaban J connectivity index is 1.48. The average molecular weight is 414 g/mol. The van der Waals surface area contributed by atoms with E-state index in [1.165, 1.54) is 5.56 Å². The van der Waals surface area contributed by atoms with Crippen molar-refractivity contribution in [2.24, 2.45) is 5.92 Å². The van der Waals surface area contributed by atoms with E-state index in [0.717, 1.165) is 17.8 Å². The van der Waals surface area contributed by atoms with E-state index >= 15 is 0 Å². The molecule has 0 radical (unpaired) electrons. The number of anilines is 1. The van der Waals surface area contributed by atoms with Crippen molar-refractivity contribution in [1.29, 1.82) is 0 Å². The van der Waals surface area contributed by atoms with Crippen molar-refractivity contribution in [3.05, 3.63) is 59.7 Å². The van der Waals surface area contributed by atoms with E-state index in [1.807, 2.05) is 32.0 Å². The molecular weight excluding hydrogens is 386 g/mol. The van der Waals surface area contributed by atoms with E-state index in [4.69, 9.17) is 0 Å². The Kier molecular flexibility index (Phi) is 5.46. The minimum Gasteiger partial charge on any atom is -0.325 e. The van der Waals surface area contributed by atoms with Gasteiger partial charge in [0.1, 0.15) is 0 Å². The molecule has 2 aromatic rings. The number of nitrogens with zero attached hydrogens (tertiary/aromatic N) is 2. The van der Waals surface area contributed by atoms with Gasteiger partial charge in [0.2, 0.25) is 15.9 Å². The molecule has 29 heavy (non-hydrogen) atoms. The van der Waals surface area contributed by atoms with Crippen molar-refractivity contribution >= 4 is 21.6 Å². The predicted octanol–water partition coefficient (Wildman–Crippen LogP) is 2.88. The summed E-state index contributed by atoms with van der Waals surface area (Å²) in [6.45, 7) is 7.13. The number of benzene rings is 2. The zero-order valence-corrected chi connectivity index (χ0v) is 17.7. The van der Waals surface area contributed by atoms with Crippen molar-refractivity contribution < 1.29 is 13.2 Å². The summed E-state index contributed by atoms with van der Waals surface area (Å²) < 4.78 is 28.0. The smallest absolute Gasteiger partial charge is 0.243 e. The van der Waals surface area contributed by atoms with Crippen molar-refractivity contribution in [2.45, 2.75) is 31.2 Å². The van der Waals surface area contributed by atoms with Crippen LogP contribution in [0, 0.1) is 5.92 Å². The van der Waals surface area contributed by atoms with Crippen LogP contribution in [0.25, 0.3) is 0 Å². The fourth-order valence-electron chi connectivity index (χ4n) is 4.20. The van der Waals surface area contributed by atoms with E-state index < -0.39 is 10.0 Å². The number of carbonyl (C=O) groups is 1. The van der Waals surface area contributed by atoms with Crippen LogP contribution in [-0.4, -0.2) is 49.7 Å². The molecule has 1 amide bonds. The first-order valence-electron chi connectivity index (χ1n) is 10.1. The maximum atomic E-state index is 13.2. The van der Waals surface area contributed by atoms with Gasteiger partial charge in [-0.15, -0.1) is 0 Å². The number of nitrogens with one attached hydrogen (secondary N) is 1. The average Bonchev–Trinajstić information content (AvgIpc) is 3.04. The second-order valence-electron chi connectivity index (χ2n) is 8.13. The van der Waals surface area contributed by atoms with Crippen molar-refractivity contribution in [2.75, 3.05) is 31.5 Å². The number of sulfonamides is 1. The molecule has 2 aliphatic rings. The molecule has 154 valence electrons. The minimum atomic E-state index is -3.58. The van der Waals surface area contributed by atoms with E-state index in [9.17, 15) is 13.2 Å². The summed E-state index contributed by atoms with van der Waals surface area (Å²) in [7, 11) is -3.58. The first kappa shape index (κ1) is 20.1.